The van der Waals surface area contributed by atoms with Crippen molar-refractivity contribution < 1.29 is 33.3 Å². The number of rotatable bonds is 6. The molecule has 1 saturated heterocycles. The molecule has 0 unspecified atom stereocenters. The number of esters is 3. The molecule has 2 aromatic rings. The summed E-state index contributed by atoms with van der Waals surface area (Å²) < 4.78 is 22.4. The summed E-state index contributed by atoms with van der Waals surface area (Å²) in [5.41, 5.74) is 4.13. The van der Waals surface area contributed by atoms with Crippen LogP contribution >= 0.6 is 11.6 Å². The second-order valence-electron chi connectivity index (χ2n) is 8.53. The summed E-state index contributed by atoms with van der Waals surface area (Å²) in [6.07, 6.45) is -3.08. The molecule has 0 amide bonds. The maximum Gasteiger partial charge on any atom is 0.305 e. The highest BCUT2D eigenvalue weighted by Gasteiger charge is 2.50. The molecule has 0 bridgehead atoms. The molecule has 1 aliphatic heterocycles. The topological polar surface area (TPSA) is 88.1 Å². The normalized spacial score (nSPS) is 24.2. The Morgan fingerprint density at radius 3 is 2.06 bits per heavy atom. The van der Waals surface area contributed by atoms with E-state index in [4.69, 9.17) is 30.5 Å². The van der Waals surface area contributed by atoms with Gasteiger partial charge in [0.1, 0.15) is 0 Å². The van der Waals surface area contributed by atoms with Crippen LogP contribution in [0.1, 0.15) is 56.1 Å². The van der Waals surface area contributed by atoms with Crippen LogP contribution in [-0.4, -0.2) is 36.4 Å². The molecule has 5 atom stereocenters. The summed E-state index contributed by atoms with van der Waals surface area (Å²) in [7, 11) is 0. The van der Waals surface area contributed by atoms with E-state index in [0.717, 1.165) is 22.3 Å². The van der Waals surface area contributed by atoms with Crippen LogP contribution in [0.5, 0.6) is 0 Å². The first-order valence-corrected chi connectivity index (χ1v) is 11.4. The molecule has 0 N–H and O–H groups in total. The third-order valence-electron chi connectivity index (χ3n) is 5.76. The highest BCUT2D eigenvalue weighted by Crippen LogP contribution is 2.40. The van der Waals surface area contributed by atoms with Crippen molar-refractivity contribution in [2.75, 3.05) is 0 Å². The standard InChI is InChI=1S/C26H29ClO7/c1-14-6-9-20(13-21(14)12-19-7-10-22(27)11-8-19)23-15(2)24(31-16(3)28)25(32-17(4)29)26(34-23)33-18(5)30/h6-11,13,15,23-26H,12H2,1-5H3/t15-,23+,24+,25-,26-/m0/s1. The van der Waals surface area contributed by atoms with Crippen molar-refractivity contribution in [1.82, 2.24) is 0 Å². The number of aryl methyl sites for hydroxylation is 1. The van der Waals surface area contributed by atoms with Crippen molar-refractivity contribution in [2.24, 2.45) is 5.92 Å². The maximum absolute atomic E-state index is 11.9. The van der Waals surface area contributed by atoms with Gasteiger partial charge in [-0.1, -0.05) is 48.9 Å². The third kappa shape index (κ3) is 6.36. The van der Waals surface area contributed by atoms with Crippen molar-refractivity contribution in [2.45, 2.75) is 65.6 Å². The van der Waals surface area contributed by atoms with E-state index in [1.807, 2.05) is 56.3 Å². The van der Waals surface area contributed by atoms with Crippen molar-refractivity contribution in [1.29, 1.82) is 0 Å². The van der Waals surface area contributed by atoms with Gasteiger partial charge in [-0.05, 0) is 47.7 Å². The molecule has 0 saturated carbocycles. The van der Waals surface area contributed by atoms with E-state index in [1.54, 1.807) is 0 Å². The van der Waals surface area contributed by atoms with E-state index in [1.165, 1.54) is 20.8 Å². The van der Waals surface area contributed by atoms with Gasteiger partial charge in [0, 0.05) is 31.7 Å². The quantitative estimate of drug-likeness (QED) is 0.430. The SMILES string of the molecule is CC(=O)O[C@H]1O[C@@H](c2ccc(C)c(Cc3ccc(Cl)cc3)c2)[C@H](C)[C@@H](OC(C)=O)[C@@H]1OC(C)=O. The van der Waals surface area contributed by atoms with Crippen LogP contribution in [0.4, 0.5) is 0 Å². The Hall–Kier alpha value is -2.90. The summed E-state index contributed by atoms with van der Waals surface area (Å²) in [6, 6.07) is 13.6. The van der Waals surface area contributed by atoms with E-state index >= 15 is 0 Å². The average molecular weight is 489 g/mol. The molecular weight excluding hydrogens is 460 g/mol. The van der Waals surface area contributed by atoms with Crippen molar-refractivity contribution in [3.8, 4) is 0 Å². The summed E-state index contributed by atoms with van der Waals surface area (Å²) in [5, 5.41) is 0.675. The minimum atomic E-state index is -1.23. The van der Waals surface area contributed by atoms with Gasteiger partial charge in [0.05, 0.1) is 6.10 Å². The van der Waals surface area contributed by atoms with Crippen LogP contribution in [0.15, 0.2) is 42.5 Å². The van der Waals surface area contributed by atoms with E-state index in [2.05, 4.69) is 0 Å². The highest BCUT2D eigenvalue weighted by molar-refractivity contribution is 6.30. The molecule has 1 heterocycles. The fourth-order valence-corrected chi connectivity index (χ4v) is 4.30. The molecule has 7 nitrogen and oxygen atoms in total. The van der Waals surface area contributed by atoms with E-state index in [0.29, 0.717) is 11.4 Å². The molecule has 3 rings (SSSR count). The summed E-state index contributed by atoms with van der Waals surface area (Å²) in [6.45, 7) is 7.62. The first-order chi connectivity index (χ1) is 16.0. The lowest BCUT2D eigenvalue weighted by molar-refractivity contribution is -0.283. The zero-order valence-corrected chi connectivity index (χ0v) is 20.6. The molecule has 0 radical (unpaired) electrons. The van der Waals surface area contributed by atoms with Crippen LogP contribution in [0.25, 0.3) is 0 Å². The number of hydrogen-bond acceptors (Lipinski definition) is 7. The second kappa shape index (κ2) is 11.0. The molecule has 0 aromatic heterocycles. The van der Waals surface area contributed by atoms with Gasteiger partial charge >= 0.3 is 17.9 Å². The number of ether oxygens (including phenoxy) is 4. The van der Waals surface area contributed by atoms with Crippen LogP contribution in [0, 0.1) is 12.8 Å². The summed E-state index contributed by atoms with van der Waals surface area (Å²) in [4.78, 5) is 35.4. The number of benzene rings is 2. The average Bonchev–Trinajstić information content (AvgIpc) is 2.75. The Kier molecular flexibility index (Phi) is 8.33. The third-order valence-corrected chi connectivity index (χ3v) is 6.02. The fourth-order valence-electron chi connectivity index (χ4n) is 4.17. The number of hydrogen-bond donors (Lipinski definition) is 0. The number of halogens is 1. The van der Waals surface area contributed by atoms with E-state index in [-0.39, 0.29) is 0 Å². The maximum atomic E-state index is 11.9. The monoisotopic (exact) mass is 488 g/mol. The van der Waals surface area contributed by atoms with E-state index in [9.17, 15) is 14.4 Å². The van der Waals surface area contributed by atoms with Gasteiger partial charge in [0.15, 0.2) is 6.10 Å². The van der Waals surface area contributed by atoms with E-state index < -0.39 is 48.4 Å². The predicted molar refractivity (Wildman–Crippen MR) is 125 cm³/mol. The first kappa shape index (κ1) is 25.7. The molecule has 182 valence electrons. The lowest BCUT2D eigenvalue weighted by Crippen LogP contribution is -2.55. The molecule has 8 heteroatoms. The zero-order chi connectivity index (χ0) is 25.0. The van der Waals surface area contributed by atoms with Crippen molar-refractivity contribution >= 4 is 29.5 Å². The van der Waals surface area contributed by atoms with Gasteiger partial charge in [-0.15, -0.1) is 0 Å². The summed E-state index contributed by atoms with van der Waals surface area (Å²) in [5.74, 6) is -2.15. The fraction of sp³-hybridized carbons (Fsp3) is 0.423. The summed E-state index contributed by atoms with van der Waals surface area (Å²) >= 11 is 6.01. The lowest BCUT2D eigenvalue weighted by Gasteiger charge is -2.43. The van der Waals surface area contributed by atoms with Crippen molar-refractivity contribution in [3.63, 3.8) is 0 Å². The van der Waals surface area contributed by atoms with Crippen LogP contribution in [0.2, 0.25) is 5.02 Å². The molecule has 34 heavy (non-hydrogen) atoms. The van der Waals surface area contributed by atoms with Gasteiger partial charge in [-0.2, -0.15) is 0 Å². The lowest BCUT2D eigenvalue weighted by atomic mass is 9.85. The first-order valence-electron chi connectivity index (χ1n) is 11.1. The van der Waals surface area contributed by atoms with Gasteiger partial charge in [0.25, 0.3) is 0 Å². The Balaban J connectivity index is 1.96. The number of carbonyl (C=O) groups is 3. The molecular formula is C26H29ClO7. The Morgan fingerprint density at radius 1 is 0.882 bits per heavy atom. The van der Waals surface area contributed by atoms with Gasteiger partial charge in [-0.25, -0.2) is 0 Å². The van der Waals surface area contributed by atoms with Crippen LogP contribution < -0.4 is 0 Å². The smallest absolute Gasteiger partial charge is 0.305 e. The van der Waals surface area contributed by atoms with Gasteiger partial charge < -0.3 is 18.9 Å². The zero-order valence-electron chi connectivity index (χ0n) is 19.9. The molecule has 1 fully saturated rings. The van der Waals surface area contributed by atoms with Crippen LogP contribution in [0.3, 0.4) is 0 Å². The molecule has 2 aromatic carbocycles. The molecule has 0 spiro atoms. The largest absolute Gasteiger partial charge is 0.458 e. The van der Waals surface area contributed by atoms with Gasteiger partial charge in [0.2, 0.25) is 12.4 Å². The predicted octanol–water partition coefficient (Wildman–Crippen LogP) is 4.70. The van der Waals surface area contributed by atoms with Crippen molar-refractivity contribution in [3.05, 3.63) is 69.7 Å². The number of carbonyl (C=O) groups excluding carboxylic acids is 3. The second-order valence-corrected chi connectivity index (χ2v) is 8.97. The van der Waals surface area contributed by atoms with Gasteiger partial charge in [-0.3, -0.25) is 14.4 Å². The minimum Gasteiger partial charge on any atom is -0.458 e. The van der Waals surface area contributed by atoms with Crippen LogP contribution in [-0.2, 0) is 39.8 Å². The molecule has 1 aliphatic rings. The Labute approximate surface area is 204 Å². The molecule has 0 aliphatic carbocycles. The minimum absolute atomic E-state index is 0.397. The highest BCUT2D eigenvalue weighted by atomic mass is 35.5. The Morgan fingerprint density at radius 2 is 1.47 bits per heavy atom. The Bertz CT molecular complexity index is 1050.